The summed E-state index contributed by atoms with van der Waals surface area (Å²) in [5.41, 5.74) is 1.94. The van der Waals surface area contributed by atoms with Gasteiger partial charge in [-0.25, -0.2) is 18.4 Å². The molecule has 2 aromatic heterocycles. The van der Waals surface area contributed by atoms with Crippen LogP contribution in [-0.2, 0) is 9.84 Å². The Morgan fingerprint density at radius 1 is 0.964 bits per heavy atom. The van der Waals surface area contributed by atoms with Crippen molar-refractivity contribution in [1.82, 2.24) is 19.7 Å². The van der Waals surface area contributed by atoms with E-state index in [2.05, 4.69) is 9.88 Å². The number of hydrogen-bond donors (Lipinski definition) is 0. The van der Waals surface area contributed by atoms with Crippen LogP contribution in [0.15, 0.2) is 48.7 Å². The van der Waals surface area contributed by atoms with Crippen LogP contribution in [0.5, 0.6) is 0 Å². The highest BCUT2D eigenvalue weighted by molar-refractivity contribution is 7.91. The standard InChI is InChI=1S/C20H21N5O2S/c26-28(27)13-11-24(12-14-28)17-6-2-1-5-16(17)20-22-19(15-8-9-15)23-25(20)18-7-3-4-10-21-18/h1-7,10,15H,8-9,11-14H2. The Labute approximate surface area is 164 Å². The molecule has 3 aromatic rings. The summed E-state index contributed by atoms with van der Waals surface area (Å²) < 4.78 is 25.5. The van der Waals surface area contributed by atoms with Crippen LogP contribution in [-0.4, -0.2) is 52.8 Å². The molecule has 0 atom stereocenters. The Bertz CT molecular complexity index is 1090. The molecule has 1 saturated heterocycles. The third kappa shape index (κ3) is 3.28. The number of hydrogen-bond acceptors (Lipinski definition) is 6. The van der Waals surface area contributed by atoms with E-state index >= 15 is 0 Å². The van der Waals surface area contributed by atoms with Gasteiger partial charge in [-0.15, -0.1) is 5.10 Å². The molecule has 0 bridgehead atoms. The molecule has 28 heavy (non-hydrogen) atoms. The van der Waals surface area contributed by atoms with Crippen molar-refractivity contribution in [2.24, 2.45) is 0 Å². The van der Waals surface area contributed by atoms with E-state index in [1.807, 2.05) is 47.1 Å². The predicted molar refractivity (Wildman–Crippen MR) is 107 cm³/mol. The highest BCUT2D eigenvalue weighted by Crippen LogP contribution is 2.40. The summed E-state index contributed by atoms with van der Waals surface area (Å²) in [5, 5.41) is 4.76. The second kappa shape index (κ2) is 6.70. The third-order valence-electron chi connectivity index (χ3n) is 5.26. The largest absolute Gasteiger partial charge is 0.369 e. The van der Waals surface area contributed by atoms with Crippen molar-refractivity contribution in [2.75, 3.05) is 29.5 Å². The van der Waals surface area contributed by atoms with Gasteiger partial charge >= 0.3 is 0 Å². The van der Waals surface area contributed by atoms with Crippen molar-refractivity contribution >= 4 is 15.5 Å². The molecule has 1 aromatic carbocycles. The lowest BCUT2D eigenvalue weighted by molar-refractivity contribution is 0.587. The summed E-state index contributed by atoms with van der Waals surface area (Å²) in [6.07, 6.45) is 3.99. The van der Waals surface area contributed by atoms with Gasteiger partial charge in [0.1, 0.15) is 0 Å². The Morgan fingerprint density at radius 3 is 2.43 bits per heavy atom. The molecule has 2 fully saturated rings. The molecule has 0 radical (unpaired) electrons. The Morgan fingerprint density at radius 2 is 1.71 bits per heavy atom. The fourth-order valence-electron chi connectivity index (χ4n) is 3.55. The van der Waals surface area contributed by atoms with Gasteiger partial charge in [0, 0.05) is 36.5 Å². The lowest BCUT2D eigenvalue weighted by atomic mass is 10.1. The Balaban J connectivity index is 1.60. The van der Waals surface area contributed by atoms with E-state index in [1.165, 1.54) is 0 Å². The van der Waals surface area contributed by atoms with Crippen molar-refractivity contribution in [1.29, 1.82) is 0 Å². The van der Waals surface area contributed by atoms with Gasteiger partial charge in [-0.1, -0.05) is 18.2 Å². The summed E-state index contributed by atoms with van der Waals surface area (Å²) in [4.78, 5) is 11.5. The summed E-state index contributed by atoms with van der Waals surface area (Å²) in [5.74, 6) is 3.13. The number of rotatable bonds is 4. The highest BCUT2D eigenvalue weighted by atomic mass is 32.2. The van der Waals surface area contributed by atoms with E-state index in [-0.39, 0.29) is 11.5 Å². The second-order valence-corrected chi connectivity index (χ2v) is 9.63. The summed E-state index contributed by atoms with van der Waals surface area (Å²) in [6.45, 7) is 0.985. The molecule has 144 valence electrons. The monoisotopic (exact) mass is 395 g/mol. The molecule has 0 unspecified atom stereocenters. The van der Waals surface area contributed by atoms with Gasteiger partial charge in [0.05, 0.1) is 11.5 Å². The molecule has 7 nitrogen and oxygen atoms in total. The van der Waals surface area contributed by atoms with Gasteiger partial charge in [-0.2, -0.15) is 4.68 Å². The van der Waals surface area contributed by atoms with Crippen LogP contribution in [0.25, 0.3) is 17.2 Å². The fourth-order valence-corrected chi connectivity index (χ4v) is 4.75. The summed E-state index contributed by atoms with van der Waals surface area (Å²) >= 11 is 0. The van der Waals surface area contributed by atoms with E-state index < -0.39 is 9.84 Å². The van der Waals surface area contributed by atoms with Gasteiger partial charge < -0.3 is 4.90 Å². The van der Waals surface area contributed by atoms with Crippen molar-refractivity contribution in [3.63, 3.8) is 0 Å². The van der Waals surface area contributed by atoms with E-state index in [0.717, 1.165) is 41.6 Å². The van der Waals surface area contributed by atoms with Gasteiger partial charge in [-0.05, 0) is 37.1 Å². The number of benzene rings is 1. The Hall–Kier alpha value is -2.74. The van der Waals surface area contributed by atoms with Gasteiger partial charge in [0.25, 0.3) is 0 Å². The Kier molecular flexibility index (Phi) is 4.16. The van der Waals surface area contributed by atoms with Crippen molar-refractivity contribution < 1.29 is 8.42 Å². The minimum Gasteiger partial charge on any atom is -0.369 e. The maximum absolute atomic E-state index is 11.8. The number of aromatic nitrogens is 4. The van der Waals surface area contributed by atoms with Gasteiger partial charge in [0.15, 0.2) is 27.3 Å². The van der Waals surface area contributed by atoms with E-state index in [1.54, 1.807) is 6.20 Å². The molecule has 1 aliphatic heterocycles. The molecule has 3 heterocycles. The van der Waals surface area contributed by atoms with Crippen LogP contribution < -0.4 is 4.90 Å². The maximum atomic E-state index is 11.8. The molecule has 0 N–H and O–H groups in total. The van der Waals surface area contributed by atoms with Crippen LogP contribution in [0.2, 0.25) is 0 Å². The molecule has 5 rings (SSSR count). The molecule has 2 aliphatic rings. The quantitative estimate of drug-likeness (QED) is 0.675. The molecule has 0 amide bonds. The van der Waals surface area contributed by atoms with E-state index in [4.69, 9.17) is 10.1 Å². The zero-order valence-corrected chi connectivity index (χ0v) is 16.2. The normalized spacial score (nSPS) is 18.9. The first-order chi connectivity index (χ1) is 13.6. The molecule has 1 saturated carbocycles. The molecular formula is C20H21N5O2S. The van der Waals surface area contributed by atoms with Gasteiger partial charge in [-0.3, -0.25) is 0 Å². The summed E-state index contributed by atoms with van der Waals surface area (Å²) in [6, 6.07) is 13.8. The molecule has 8 heteroatoms. The minimum absolute atomic E-state index is 0.182. The second-order valence-electron chi connectivity index (χ2n) is 7.32. The number of sulfone groups is 1. The zero-order valence-electron chi connectivity index (χ0n) is 15.4. The maximum Gasteiger partial charge on any atom is 0.167 e. The van der Waals surface area contributed by atoms with Crippen molar-refractivity contribution in [3.8, 4) is 17.2 Å². The molecule has 1 aliphatic carbocycles. The number of pyridine rings is 1. The molecule has 0 spiro atoms. The first-order valence-electron chi connectivity index (χ1n) is 9.54. The van der Waals surface area contributed by atoms with Crippen LogP contribution in [0, 0.1) is 0 Å². The van der Waals surface area contributed by atoms with Crippen molar-refractivity contribution in [2.45, 2.75) is 18.8 Å². The molecular weight excluding hydrogens is 374 g/mol. The first kappa shape index (κ1) is 17.4. The third-order valence-corrected chi connectivity index (χ3v) is 6.87. The SMILES string of the molecule is O=S1(=O)CCN(c2ccccc2-c2nc(C3CC3)nn2-c2ccccn2)CC1. The number of nitrogens with zero attached hydrogens (tertiary/aromatic N) is 5. The highest BCUT2D eigenvalue weighted by Gasteiger charge is 2.31. The average Bonchev–Trinajstić information content (AvgIpc) is 3.47. The lowest BCUT2D eigenvalue weighted by Crippen LogP contribution is -2.40. The van der Waals surface area contributed by atoms with E-state index in [0.29, 0.717) is 19.0 Å². The first-order valence-corrected chi connectivity index (χ1v) is 11.4. The fraction of sp³-hybridized carbons (Fsp3) is 0.350. The number of anilines is 1. The van der Waals surface area contributed by atoms with Crippen LogP contribution >= 0.6 is 0 Å². The predicted octanol–water partition coefficient (Wildman–Crippen LogP) is 2.44. The topological polar surface area (TPSA) is 81.0 Å². The minimum atomic E-state index is -2.94. The number of para-hydroxylation sites is 1. The van der Waals surface area contributed by atoms with Crippen molar-refractivity contribution in [3.05, 3.63) is 54.5 Å². The van der Waals surface area contributed by atoms with Gasteiger partial charge in [0.2, 0.25) is 0 Å². The van der Waals surface area contributed by atoms with Crippen LogP contribution in [0.4, 0.5) is 5.69 Å². The lowest BCUT2D eigenvalue weighted by Gasteiger charge is -2.30. The smallest absolute Gasteiger partial charge is 0.167 e. The van der Waals surface area contributed by atoms with Crippen LogP contribution in [0.3, 0.4) is 0 Å². The summed E-state index contributed by atoms with van der Waals surface area (Å²) in [7, 11) is -2.94. The average molecular weight is 395 g/mol. The zero-order chi connectivity index (χ0) is 19.1. The van der Waals surface area contributed by atoms with E-state index in [9.17, 15) is 8.42 Å². The van der Waals surface area contributed by atoms with Crippen LogP contribution in [0.1, 0.15) is 24.6 Å².